The summed E-state index contributed by atoms with van der Waals surface area (Å²) < 4.78 is 6.90. The Kier molecular flexibility index (Phi) is 5.36. The highest BCUT2D eigenvalue weighted by atomic mass is 79.9. The molecule has 3 nitrogen and oxygen atoms in total. The summed E-state index contributed by atoms with van der Waals surface area (Å²) in [5.74, 6) is 0.889. The van der Waals surface area contributed by atoms with E-state index in [1.807, 2.05) is 12.1 Å². The maximum Gasteiger partial charge on any atom is 0.131 e. The van der Waals surface area contributed by atoms with Gasteiger partial charge in [0, 0.05) is 9.85 Å². The molecule has 102 valence electrons. The molecule has 0 aliphatic carbocycles. The highest BCUT2D eigenvalue weighted by Crippen LogP contribution is 2.24. The van der Waals surface area contributed by atoms with Crippen LogP contribution in [0.2, 0.25) is 0 Å². The van der Waals surface area contributed by atoms with Crippen LogP contribution in [0, 0.1) is 0 Å². The zero-order valence-electron chi connectivity index (χ0n) is 10.9. The lowest BCUT2D eigenvalue weighted by molar-refractivity contribution is 0.298. The molecule has 0 radical (unpaired) electrons. The average Bonchev–Trinajstić information content (AvgIpc) is 2.86. The molecule has 1 heterocycles. The number of rotatable bonds is 6. The molecule has 2 aromatic rings. The van der Waals surface area contributed by atoms with E-state index in [9.17, 15) is 0 Å². The highest BCUT2D eigenvalue weighted by molar-refractivity contribution is 9.10. The number of hydrogen-bond donors (Lipinski definition) is 1. The van der Waals surface area contributed by atoms with Gasteiger partial charge in [0.25, 0.3) is 0 Å². The van der Waals surface area contributed by atoms with Crippen LogP contribution in [0.15, 0.2) is 28.1 Å². The molecule has 0 amide bonds. The second kappa shape index (κ2) is 7.03. The molecule has 0 aliphatic heterocycles. The molecular weight excluding hydrogens is 324 g/mol. The fraction of sp³-hybridized carbons (Fsp3) is 0.357. The Morgan fingerprint density at radius 3 is 2.95 bits per heavy atom. The first-order valence-electron chi connectivity index (χ1n) is 6.27. The SMILES string of the molecule is CCc1nc(COc2ccc(Br)cc2CCN)cs1. The van der Waals surface area contributed by atoms with Gasteiger partial charge in [0.1, 0.15) is 12.4 Å². The molecule has 2 N–H and O–H groups in total. The first-order chi connectivity index (χ1) is 9.22. The standard InChI is InChI=1S/C14H17BrN2OS/c1-2-14-17-12(9-19-14)8-18-13-4-3-11(15)7-10(13)5-6-16/h3-4,7,9H,2,5-6,8,16H2,1H3. The smallest absolute Gasteiger partial charge is 0.131 e. The van der Waals surface area contributed by atoms with E-state index in [-0.39, 0.29) is 0 Å². The van der Waals surface area contributed by atoms with Gasteiger partial charge in [-0.15, -0.1) is 11.3 Å². The van der Waals surface area contributed by atoms with Crippen LogP contribution in [0.25, 0.3) is 0 Å². The predicted molar refractivity (Wildman–Crippen MR) is 82.7 cm³/mol. The number of aromatic nitrogens is 1. The second-order valence-corrected chi connectivity index (χ2v) is 6.02. The van der Waals surface area contributed by atoms with E-state index in [1.165, 1.54) is 0 Å². The topological polar surface area (TPSA) is 48.1 Å². The first-order valence-corrected chi connectivity index (χ1v) is 7.94. The third-order valence-corrected chi connectivity index (χ3v) is 4.25. The van der Waals surface area contributed by atoms with Gasteiger partial charge in [-0.25, -0.2) is 4.98 Å². The Morgan fingerprint density at radius 1 is 1.42 bits per heavy atom. The molecule has 0 fully saturated rings. The monoisotopic (exact) mass is 340 g/mol. The van der Waals surface area contributed by atoms with E-state index in [1.54, 1.807) is 11.3 Å². The Bertz CT molecular complexity index is 542. The van der Waals surface area contributed by atoms with Crippen LogP contribution in [0.3, 0.4) is 0 Å². The summed E-state index contributed by atoms with van der Waals surface area (Å²) in [6, 6.07) is 6.01. The lowest BCUT2D eigenvalue weighted by atomic mass is 10.1. The highest BCUT2D eigenvalue weighted by Gasteiger charge is 2.06. The molecule has 0 unspecified atom stereocenters. The third kappa shape index (κ3) is 4.03. The van der Waals surface area contributed by atoms with Crippen LogP contribution in [-0.4, -0.2) is 11.5 Å². The number of halogens is 1. The van der Waals surface area contributed by atoms with Gasteiger partial charge in [-0.1, -0.05) is 22.9 Å². The Morgan fingerprint density at radius 2 is 2.26 bits per heavy atom. The van der Waals surface area contributed by atoms with Gasteiger partial charge in [0.2, 0.25) is 0 Å². The van der Waals surface area contributed by atoms with Crippen LogP contribution in [0.1, 0.15) is 23.2 Å². The summed E-state index contributed by atoms with van der Waals surface area (Å²) >= 11 is 5.15. The van der Waals surface area contributed by atoms with Gasteiger partial charge in [-0.05, 0) is 43.1 Å². The zero-order chi connectivity index (χ0) is 13.7. The van der Waals surface area contributed by atoms with Crippen molar-refractivity contribution in [2.45, 2.75) is 26.4 Å². The summed E-state index contributed by atoms with van der Waals surface area (Å²) in [6.45, 7) is 3.23. The molecule has 5 heteroatoms. The van der Waals surface area contributed by atoms with Crippen molar-refractivity contribution in [2.24, 2.45) is 5.73 Å². The quantitative estimate of drug-likeness (QED) is 0.874. The van der Waals surface area contributed by atoms with E-state index in [0.717, 1.165) is 39.3 Å². The largest absolute Gasteiger partial charge is 0.487 e. The lowest BCUT2D eigenvalue weighted by Gasteiger charge is -2.10. The van der Waals surface area contributed by atoms with Crippen LogP contribution in [0.5, 0.6) is 5.75 Å². The Labute approximate surface area is 125 Å². The number of hydrogen-bond acceptors (Lipinski definition) is 4. The average molecular weight is 341 g/mol. The van der Waals surface area contributed by atoms with E-state index in [4.69, 9.17) is 10.5 Å². The van der Waals surface area contributed by atoms with Gasteiger partial charge in [-0.3, -0.25) is 0 Å². The summed E-state index contributed by atoms with van der Waals surface area (Å²) in [4.78, 5) is 4.50. The maximum absolute atomic E-state index is 5.86. The number of ether oxygens (including phenoxy) is 1. The minimum absolute atomic E-state index is 0.510. The van der Waals surface area contributed by atoms with Crippen LogP contribution in [-0.2, 0) is 19.4 Å². The van der Waals surface area contributed by atoms with Crippen LogP contribution >= 0.6 is 27.3 Å². The minimum atomic E-state index is 0.510. The van der Waals surface area contributed by atoms with Gasteiger partial charge in [0.05, 0.1) is 10.7 Å². The van der Waals surface area contributed by atoms with Crippen LogP contribution in [0.4, 0.5) is 0 Å². The fourth-order valence-electron chi connectivity index (χ4n) is 1.77. The van der Waals surface area contributed by atoms with E-state index in [2.05, 4.69) is 39.3 Å². The number of aryl methyl sites for hydroxylation is 1. The van der Waals surface area contributed by atoms with E-state index < -0.39 is 0 Å². The summed E-state index contributed by atoms with van der Waals surface area (Å²) in [7, 11) is 0. The molecule has 0 spiro atoms. The molecule has 1 aromatic heterocycles. The number of nitrogens with two attached hydrogens (primary N) is 1. The normalized spacial score (nSPS) is 10.7. The predicted octanol–water partition coefficient (Wildman–Crippen LogP) is 3.55. The van der Waals surface area contributed by atoms with Crippen molar-refractivity contribution in [1.82, 2.24) is 4.98 Å². The fourth-order valence-corrected chi connectivity index (χ4v) is 2.91. The molecule has 1 aromatic carbocycles. The molecule has 0 aliphatic rings. The van der Waals surface area contributed by atoms with Crippen molar-refractivity contribution in [3.8, 4) is 5.75 Å². The lowest BCUT2D eigenvalue weighted by Crippen LogP contribution is -2.05. The van der Waals surface area contributed by atoms with Gasteiger partial charge in [0.15, 0.2) is 0 Å². The number of thiazole rings is 1. The van der Waals surface area contributed by atoms with Gasteiger partial charge >= 0.3 is 0 Å². The minimum Gasteiger partial charge on any atom is -0.487 e. The van der Waals surface area contributed by atoms with Crippen molar-refractivity contribution in [3.63, 3.8) is 0 Å². The Balaban J connectivity index is 2.05. The second-order valence-electron chi connectivity index (χ2n) is 4.17. The molecule has 0 bridgehead atoms. The Hall–Kier alpha value is -0.910. The first kappa shape index (κ1) is 14.5. The van der Waals surface area contributed by atoms with E-state index >= 15 is 0 Å². The molecule has 0 saturated carbocycles. The van der Waals surface area contributed by atoms with Crippen molar-refractivity contribution in [2.75, 3.05) is 6.54 Å². The zero-order valence-corrected chi connectivity index (χ0v) is 13.3. The van der Waals surface area contributed by atoms with Gasteiger partial charge < -0.3 is 10.5 Å². The maximum atomic E-state index is 5.86. The summed E-state index contributed by atoms with van der Waals surface area (Å²) in [5.41, 5.74) is 7.74. The molecule has 2 rings (SSSR count). The van der Waals surface area contributed by atoms with Crippen molar-refractivity contribution >= 4 is 27.3 Å². The van der Waals surface area contributed by atoms with Gasteiger partial charge in [-0.2, -0.15) is 0 Å². The molecular formula is C14H17BrN2OS. The molecule has 0 atom stereocenters. The van der Waals surface area contributed by atoms with Crippen LogP contribution < -0.4 is 10.5 Å². The van der Waals surface area contributed by atoms with Crippen molar-refractivity contribution in [3.05, 3.63) is 44.3 Å². The number of nitrogens with zero attached hydrogens (tertiary/aromatic N) is 1. The van der Waals surface area contributed by atoms with E-state index in [0.29, 0.717) is 13.2 Å². The molecule has 0 saturated heterocycles. The van der Waals surface area contributed by atoms with Crippen molar-refractivity contribution in [1.29, 1.82) is 0 Å². The van der Waals surface area contributed by atoms with Crippen molar-refractivity contribution < 1.29 is 4.74 Å². The summed E-state index contributed by atoms with van der Waals surface area (Å²) in [5, 5.41) is 3.21. The molecule has 19 heavy (non-hydrogen) atoms. The third-order valence-electron chi connectivity index (χ3n) is 2.71. The summed E-state index contributed by atoms with van der Waals surface area (Å²) in [6.07, 6.45) is 1.79. The number of benzene rings is 1.